The van der Waals surface area contributed by atoms with Crippen molar-refractivity contribution in [3.63, 3.8) is 0 Å². The number of rotatable bonds is 4. The van der Waals surface area contributed by atoms with Crippen LogP contribution in [0.3, 0.4) is 0 Å². The van der Waals surface area contributed by atoms with Gasteiger partial charge in [0, 0.05) is 0 Å². The Balaban J connectivity index is 0.000000401. The minimum Gasteiger partial charge on any atom is -0.320 e. The van der Waals surface area contributed by atoms with E-state index >= 15 is 0 Å². The van der Waals surface area contributed by atoms with Crippen molar-refractivity contribution in [2.75, 3.05) is 0 Å². The van der Waals surface area contributed by atoms with Gasteiger partial charge in [-0.2, -0.15) is 0 Å². The molecule has 2 N–H and O–H groups in total. The molecule has 0 spiro atoms. The van der Waals surface area contributed by atoms with Crippen LogP contribution in [-0.4, -0.2) is 0 Å². The smallest absolute Gasteiger partial charge is 0.0551 e. The maximum Gasteiger partial charge on any atom is 0.0551 e. The number of fused-ring (bicyclic) bond motifs is 7. The van der Waals surface area contributed by atoms with E-state index in [1.54, 1.807) is 0 Å². The Labute approximate surface area is 302 Å². The summed E-state index contributed by atoms with van der Waals surface area (Å²) in [6.45, 7) is 6.22. The van der Waals surface area contributed by atoms with Gasteiger partial charge in [0.05, 0.1) is 6.04 Å². The maximum absolute atomic E-state index is 6.79. The molecule has 1 heteroatoms. The van der Waals surface area contributed by atoms with Crippen LogP contribution in [0.4, 0.5) is 0 Å². The van der Waals surface area contributed by atoms with Gasteiger partial charge >= 0.3 is 0 Å². The van der Waals surface area contributed by atoms with E-state index in [2.05, 4.69) is 183 Å². The third kappa shape index (κ3) is 6.86. The average Bonchev–Trinajstić information content (AvgIpc) is 3.21. The first-order valence-corrected chi connectivity index (χ1v) is 18.3. The van der Waals surface area contributed by atoms with E-state index in [4.69, 9.17) is 5.73 Å². The Hall–Kier alpha value is -5.76. The van der Waals surface area contributed by atoms with E-state index in [0.29, 0.717) is 0 Å². The van der Waals surface area contributed by atoms with E-state index in [1.165, 1.54) is 71.8 Å². The molecule has 0 bridgehead atoms. The zero-order valence-electron chi connectivity index (χ0n) is 29.8. The summed E-state index contributed by atoms with van der Waals surface area (Å²) in [5, 5.41) is 10.2. The predicted molar refractivity (Wildman–Crippen MR) is 223 cm³/mol. The van der Waals surface area contributed by atoms with Gasteiger partial charge in [-0.05, 0) is 101 Å². The molecule has 0 fully saturated rings. The van der Waals surface area contributed by atoms with Crippen molar-refractivity contribution in [3.8, 4) is 22.3 Å². The lowest BCUT2D eigenvalue weighted by Gasteiger charge is -2.18. The number of benzene rings is 8. The fraction of sp³-hybridized carbons (Fsp3) is 0.120. The molecule has 1 aliphatic rings. The third-order valence-electron chi connectivity index (χ3n) is 9.87. The third-order valence-corrected chi connectivity index (χ3v) is 9.87. The molecule has 1 nitrogen and oxygen atoms in total. The summed E-state index contributed by atoms with van der Waals surface area (Å²) >= 11 is 0. The molecule has 0 aromatic heterocycles. The van der Waals surface area contributed by atoms with E-state index in [0.717, 1.165) is 17.0 Å². The van der Waals surface area contributed by atoms with Crippen molar-refractivity contribution in [1.82, 2.24) is 0 Å². The quantitative estimate of drug-likeness (QED) is 0.187. The number of hydrogen-bond acceptors (Lipinski definition) is 1. The zero-order valence-corrected chi connectivity index (χ0v) is 29.8. The molecular formula is C50H45N. The fourth-order valence-corrected chi connectivity index (χ4v) is 7.34. The van der Waals surface area contributed by atoms with Gasteiger partial charge in [0.25, 0.3) is 0 Å². The molecule has 0 radical (unpaired) electrons. The van der Waals surface area contributed by atoms with E-state index < -0.39 is 0 Å². The van der Waals surface area contributed by atoms with Crippen molar-refractivity contribution in [3.05, 3.63) is 193 Å². The van der Waals surface area contributed by atoms with Crippen LogP contribution in [0.5, 0.6) is 0 Å². The standard InChI is InChI=1S/C41H29N.C7H10.C2H6/c42-41(28-12-2-1-3-13-28)31-15-10-14-30(25-31)40-32-16-5-4-11-27(32)21-23-33(40)29-22-24-38-36-19-7-6-17-34(36)35-18-8-9-20-37(35)39(38)26-29;1-7-5-3-2-4-6-7;1-2/h1-26,41H,42H2;2-5,7H,6H2,1H3;1-2H3. The van der Waals surface area contributed by atoms with Crippen molar-refractivity contribution in [2.24, 2.45) is 11.7 Å². The molecule has 2 atom stereocenters. The normalized spacial score (nSPS) is 14.2. The molecule has 2 unspecified atom stereocenters. The van der Waals surface area contributed by atoms with Gasteiger partial charge in [-0.15, -0.1) is 0 Å². The zero-order chi connectivity index (χ0) is 35.2. The minimum atomic E-state index is -0.190. The summed E-state index contributed by atoms with van der Waals surface area (Å²) in [6.07, 6.45) is 9.84. The number of hydrogen-bond donors (Lipinski definition) is 1. The molecular weight excluding hydrogens is 615 g/mol. The predicted octanol–water partition coefficient (Wildman–Crippen LogP) is 13.8. The first-order chi connectivity index (χ1) is 25.2. The summed E-state index contributed by atoms with van der Waals surface area (Å²) in [5.41, 5.74) is 13.8. The van der Waals surface area contributed by atoms with Gasteiger partial charge in [-0.1, -0.05) is 191 Å². The molecule has 0 aliphatic heterocycles. The van der Waals surface area contributed by atoms with Crippen molar-refractivity contribution in [1.29, 1.82) is 0 Å². The van der Waals surface area contributed by atoms with Gasteiger partial charge in [0.1, 0.15) is 0 Å². The second-order valence-corrected chi connectivity index (χ2v) is 13.1. The summed E-state index contributed by atoms with van der Waals surface area (Å²) in [6, 6.07) is 56.6. The van der Waals surface area contributed by atoms with Crippen LogP contribution >= 0.6 is 0 Å². The van der Waals surface area contributed by atoms with Crippen molar-refractivity contribution >= 4 is 43.1 Å². The van der Waals surface area contributed by atoms with Gasteiger partial charge in [0.15, 0.2) is 0 Å². The monoisotopic (exact) mass is 659 g/mol. The highest BCUT2D eigenvalue weighted by atomic mass is 14.6. The average molecular weight is 660 g/mol. The van der Waals surface area contributed by atoms with E-state index in [1.807, 2.05) is 19.9 Å². The lowest BCUT2D eigenvalue weighted by Crippen LogP contribution is -2.11. The topological polar surface area (TPSA) is 26.0 Å². The number of allylic oxidation sites excluding steroid dienone is 4. The summed E-state index contributed by atoms with van der Waals surface area (Å²) in [4.78, 5) is 0. The van der Waals surface area contributed by atoms with Crippen LogP contribution in [0.2, 0.25) is 0 Å². The molecule has 51 heavy (non-hydrogen) atoms. The molecule has 0 saturated heterocycles. The van der Waals surface area contributed by atoms with Crippen LogP contribution in [0.1, 0.15) is 44.4 Å². The Bertz CT molecular complexity index is 2470. The van der Waals surface area contributed by atoms with E-state index in [9.17, 15) is 0 Å². The minimum absolute atomic E-state index is 0.190. The lowest BCUT2D eigenvalue weighted by molar-refractivity contribution is 0.737. The Morgan fingerprint density at radius 1 is 0.490 bits per heavy atom. The number of nitrogens with two attached hydrogens (primary N) is 1. The van der Waals surface area contributed by atoms with Gasteiger partial charge < -0.3 is 5.73 Å². The fourth-order valence-electron chi connectivity index (χ4n) is 7.34. The molecule has 8 aromatic carbocycles. The van der Waals surface area contributed by atoms with Crippen LogP contribution in [0, 0.1) is 5.92 Å². The first-order valence-electron chi connectivity index (χ1n) is 18.3. The van der Waals surface area contributed by atoms with Crippen LogP contribution in [0.15, 0.2) is 182 Å². The van der Waals surface area contributed by atoms with Gasteiger partial charge in [0.2, 0.25) is 0 Å². The Morgan fingerprint density at radius 3 is 1.71 bits per heavy atom. The first kappa shape index (κ1) is 33.7. The maximum atomic E-state index is 6.79. The summed E-state index contributed by atoms with van der Waals surface area (Å²) in [7, 11) is 0. The highest BCUT2D eigenvalue weighted by Gasteiger charge is 2.16. The molecule has 1 aliphatic carbocycles. The van der Waals surface area contributed by atoms with Crippen LogP contribution in [0.25, 0.3) is 65.3 Å². The molecule has 250 valence electrons. The molecule has 0 heterocycles. The Kier molecular flexibility index (Phi) is 10.2. The molecule has 8 aromatic rings. The SMILES string of the molecule is CC.CC1C=CC=CC1.NC(c1ccccc1)c1cccc(-c2c(-c3ccc4c5ccccc5c5ccccc5c4c3)ccc3ccccc23)c1. The van der Waals surface area contributed by atoms with Gasteiger partial charge in [-0.3, -0.25) is 0 Å². The largest absolute Gasteiger partial charge is 0.320 e. The van der Waals surface area contributed by atoms with Crippen molar-refractivity contribution < 1.29 is 0 Å². The van der Waals surface area contributed by atoms with Crippen LogP contribution < -0.4 is 5.73 Å². The highest BCUT2D eigenvalue weighted by molar-refractivity contribution is 6.26. The molecule has 9 rings (SSSR count). The Morgan fingerprint density at radius 2 is 1.08 bits per heavy atom. The highest BCUT2D eigenvalue weighted by Crippen LogP contribution is 2.42. The second-order valence-electron chi connectivity index (χ2n) is 13.1. The van der Waals surface area contributed by atoms with E-state index in [-0.39, 0.29) is 6.04 Å². The molecule has 0 saturated carbocycles. The van der Waals surface area contributed by atoms with Crippen molar-refractivity contribution in [2.45, 2.75) is 33.2 Å². The van der Waals surface area contributed by atoms with Crippen LogP contribution in [-0.2, 0) is 0 Å². The van der Waals surface area contributed by atoms with Gasteiger partial charge in [-0.25, -0.2) is 0 Å². The second kappa shape index (κ2) is 15.4. The summed E-state index contributed by atoms with van der Waals surface area (Å²) in [5.74, 6) is 0.769. The summed E-state index contributed by atoms with van der Waals surface area (Å²) < 4.78 is 0. The molecule has 0 amide bonds. The lowest BCUT2D eigenvalue weighted by atomic mass is 9.86.